The first kappa shape index (κ1) is 9.53. The van der Waals surface area contributed by atoms with Gasteiger partial charge in [0.1, 0.15) is 0 Å². The smallest absolute Gasteiger partial charge is 0.0794 e. The van der Waals surface area contributed by atoms with Gasteiger partial charge >= 0.3 is 0 Å². The Morgan fingerprint density at radius 3 is 2.33 bits per heavy atom. The monoisotopic (exact) mass is 166 g/mol. The fourth-order valence-corrected chi connectivity index (χ4v) is 1.60. The molecule has 1 N–H and O–H groups in total. The Morgan fingerprint density at radius 1 is 1.33 bits per heavy atom. The second-order valence-electron chi connectivity index (χ2n) is 4.65. The lowest BCUT2D eigenvalue weighted by atomic mass is 9.75. The van der Waals surface area contributed by atoms with E-state index in [1.807, 2.05) is 13.0 Å². The Balaban J connectivity index is 2.80. The van der Waals surface area contributed by atoms with Crippen molar-refractivity contribution in [1.29, 1.82) is 0 Å². The first-order chi connectivity index (χ1) is 5.41. The molecule has 68 valence electrons. The van der Waals surface area contributed by atoms with Crippen LogP contribution in [0.5, 0.6) is 0 Å². The highest BCUT2D eigenvalue weighted by Crippen LogP contribution is 2.33. The van der Waals surface area contributed by atoms with Gasteiger partial charge in [0.2, 0.25) is 0 Å². The molecule has 0 amide bonds. The molecule has 0 fully saturated rings. The molecule has 1 nitrogen and oxygen atoms in total. The number of aliphatic hydroxyl groups is 1. The predicted molar refractivity (Wildman–Crippen MR) is 51.8 cm³/mol. The van der Waals surface area contributed by atoms with Crippen molar-refractivity contribution in [2.24, 2.45) is 11.3 Å². The molecule has 0 heterocycles. The van der Waals surface area contributed by atoms with Gasteiger partial charge in [-0.25, -0.2) is 0 Å². The number of hydrogen-bond acceptors (Lipinski definition) is 1. The van der Waals surface area contributed by atoms with Gasteiger partial charge in [0.05, 0.1) is 6.10 Å². The lowest BCUT2D eigenvalue weighted by Gasteiger charge is -2.32. The number of allylic oxidation sites excluding steroid dienone is 2. The van der Waals surface area contributed by atoms with E-state index in [4.69, 9.17) is 0 Å². The molecule has 0 radical (unpaired) electrons. The van der Waals surface area contributed by atoms with Crippen LogP contribution in [0.4, 0.5) is 0 Å². The molecule has 1 rings (SSSR count). The Hall–Kier alpha value is -0.560. The van der Waals surface area contributed by atoms with Gasteiger partial charge in [-0.1, -0.05) is 44.6 Å². The summed E-state index contributed by atoms with van der Waals surface area (Å²) in [5, 5.41) is 9.75. The molecule has 0 aromatic heterocycles. The van der Waals surface area contributed by atoms with Crippen LogP contribution in [-0.4, -0.2) is 11.2 Å². The van der Waals surface area contributed by atoms with Gasteiger partial charge in [-0.15, -0.1) is 0 Å². The fourth-order valence-electron chi connectivity index (χ4n) is 1.60. The summed E-state index contributed by atoms with van der Waals surface area (Å²) in [5.41, 5.74) is 1.30. The van der Waals surface area contributed by atoms with E-state index in [-0.39, 0.29) is 17.4 Å². The lowest BCUT2D eigenvalue weighted by molar-refractivity contribution is 0.106. The summed E-state index contributed by atoms with van der Waals surface area (Å²) in [4.78, 5) is 0. The fraction of sp³-hybridized carbons (Fsp3) is 0.636. The molecule has 1 aliphatic rings. The van der Waals surface area contributed by atoms with E-state index in [0.717, 1.165) is 5.57 Å². The van der Waals surface area contributed by atoms with Crippen LogP contribution in [0.2, 0.25) is 0 Å². The predicted octanol–water partition coefficient (Wildman–Crippen LogP) is 2.53. The third-order valence-corrected chi connectivity index (χ3v) is 2.37. The summed E-state index contributed by atoms with van der Waals surface area (Å²) >= 11 is 0. The van der Waals surface area contributed by atoms with Crippen molar-refractivity contribution >= 4 is 0 Å². The summed E-state index contributed by atoms with van der Waals surface area (Å²) in [6.45, 7) is 8.47. The normalized spacial score (nSPS) is 30.2. The van der Waals surface area contributed by atoms with E-state index in [1.54, 1.807) is 0 Å². The zero-order valence-electron chi connectivity index (χ0n) is 8.33. The Bertz CT molecular complexity index is 218. The van der Waals surface area contributed by atoms with E-state index in [1.165, 1.54) is 0 Å². The SMILES string of the molecule is CC1=C[C@@H](O)[C@@H](C(C)(C)C)C=C1. The summed E-state index contributed by atoms with van der Waals surface area (Å²) in [6, 6.07) is 0. The van der Waals surface area contributed by atoms with Gasteiger partial charge in [0, 0.05) is 5.92 Å². The van der Waals surface area contributed by atoms with Gasteiger partial charge in [-0.3, -0.25) is 0 Å². The second-order valence-corrected chi connectivity index (χ2v) is 4.65. The first-order valence-electron chi connectivity index (χ1n) is 4.46. The van der Waals surface area contributed by atoms with Crippen molar-refractivity contribution in [3.05, 3.63) is 23.8 Å². The van der Waals surface area contributed by atoms with Gasteiger partial charge in [0.25, 0.3) is 0 Å². The summed E-state index contributed by atoms with van der Waals surface area (Å²) in [6.07, 6.45) is 5.81. The molecule has 0 aliphatic heterocycles. The molecule has 0 unspecified atom stereocenters. The number of rotatable bonds is 0. The minimum atomic E-state index is -0.310. The molecule has 0 bridgehead atoms. The van der Waals surface area contributed by atoms with Crippen LogP contribution >= 0.6 is 0 Å². The third-order valence-electron chi connectivity index (χ3n) is 2.37. The van der Waals surface area contributed by atoms with Crippen LogP contribution in [-0.2, 0) is 0 Å². The van der Waals surface area contributed by atoms with Crippen molar-refractivity contribution in [3.8, 4) is 0 Å². The van der Waals surface area contributed by atoms with Crippen molar-refractivity contribution < 1.29 is 5.11 Å². The van der Waals surface area contributed by atoms with Gasteiger partial charge in [0.15, 0.2) is 0 Å². The largest absolute Gasteiger partial charge is 0.388 e. The van der Waals surface area contributed by atoms with E-state index in [0.29, 0.717) is 0 Å². The van der Waals surface area contributed by atoms with Crippen molar-refractivity contribution in [3.63, 3.8) is 0 Å². The highest BCUT2D eigenvalue weighted by Gasteiger charge is 2.29. The first-order valence-corrected chi connectivity index (χ1v) is 4.46. The minimum Gasteiger partial charge on any atom is -0.388 e. The molecule has 0 aromatic rings. The highest BCUT2D eigenvalue weighted by molar-refractivity contribution is 5.25. The topological polar surface area (TPSA) is 20.2 Å². The molecule has 0 saturated carbocycles. The highest BCUT2D eigenvalue weighted by atomic mass is 16.3. The Morgan fingerprint density at radius 2 is 1.92 bits per heavy atom. The molecule has 0 spiro atoms. The van der Waals surface area contributed by atoms with Gasteiger partial charge < -0.3 is 5.11 Å². The van der Waals surface area contributed by atoms with Crippen molar-refractivity contribution in [2.45, 2.75) is 33.8 Å². The van der Waals surface area contributed by atoms with Gasteiger partial charge in [-0.05, 0) is 12.3 Å². The summed E-state index contributed by atoms with van der Waals surface area (Å²) in [7, 11) is 0. The standard InChI is InChI=1S/C11H18O/c1-8-5-6-9(10(12)7-8)11(2,3)4/h5-7,9-10,12H,1-4H3/t9-,10+/m0/s1. The molecule has 12 heavy (non-hydrogen) atoms. The molecule has 1 aliphatic carbocycles. The molecule has 2 atom stereocenters. The van der Waals surface area contributed by atoms with E-state index >= 15 is 0 Å². The lowest BCUT2D eigenvalue weighted by Crippen LogP contribution is -2.30. The van der Waals surface area contributed by atoms with E-state index in [2.05, 4.69) is 32.9 Å². The maximum atomic E-state index is 9.75. The molecular weight excluding hydrogens is 148 g/mol. The average molecular weight is 166 g/mol. The number of hydrogen-bond donors (Lipinski definition) is 1. The quantitative estimate of drug-likeness (QED) is 0.586. The van der Waals surface area contributed by atoms with Crippen LogP contribution in [0.15, 0.2) is 23.8 Å². The summed E-state index contributed by atoms with van der Waals surface area (Å²) in [5.74, 6) is 0.251. The minimum absolute atomic E-state index is 0.146. The third kappa shape index (κ3) is 1.98. The number of aliphatic hydroxyl groups excluding tert-OH is 1. The Kier molecular flexibility index (Phi) is 2.43. The van der Waals surface area contributed by atoms with Gasteiger partial charge in [-0.2, -0.15) is 0 Å². The maximum Gasteiger partial charge on any atom is 0.0794 e. The zero-order chi connectivity index (χ0) is 9.35. The van der Waals surface area contributed by atoms with Crippen LogP contribution in [0.3, 0.4) is 0 Å². The van der Waals surface area contributed by atoms with E-state index < -0.39 is 0 Å². The van der Waals surface area contributed by atoms with Crippen LogP contribution in [0.25, 0.3) is 0 Å². The van der Waals surface area contributed by atoms with Crippen LogP contribution in [0.1, 0.15) is 27.7 Å². The van der Waals surface area contributed by atoms with Crippen LogP contribution < -0.4 is 0 Å². The second kappa shape index (κ2) is 3.06. The molecular formula is C11H18O. The van der Waals surface area contributed by atoms with E-state index in [9.17, 15) is 5.11 Å². The molecule has 0 aromatic carbocycles. The zero-order valence-corrected chi connectivity index (χ0v) is 8.33. The Labute approximate surface area is 74.8 Å². The summed E-state index contributed by atoms with van der Waals surface area (Å²) < 4.78 is 0. The average Bonchev–Trinajstić information content (AvgIpc) is 1.83. The van der Waals surface area contributed by atoms with Crippen molar-refractivity contribution in [1.82, 2.24) is 0 Å². The maximum absolute atomic E-state index is 9.75. The van der Waals surface area contributed by atoms with Crippen molar-refractivity contribution in [2.75, 3.05) is 0 Å². The molecule has 0 saturated heterocycles. The molecule has 1 heteroatoms. The van der Waals surface area contributed by atoms with Crippen LogP contribution in [0, 0.1) is 11.3 Å².